The Morgan fingerprint density at radius 3 is 3.00 bits per heavy atom. The van der Waals surface area contributed by atoms with Crippen molar-refractivity contribution in [3.8, 4) is 5.75 Å². The van der Waals surface area contributed by atoms with Gasteiger partial charge in [0.2, 0.25) is 5.89 Å². The largest absolute Gasteiger partial charge is 0.507 e. The van der Waals surface area contributed by atoms with Crippen molar-refractivity contribution in [1.82, 2.24) is 10.3 Å². The van der Waals surface area contributed by atoms with Gasteiger partial charge in [-0.05, 0) is 18.2 Å². The first-order valence-corrected chi connectivity index (χ1v) is 6.18. The van der Waals surface area contributed by atoms with Crippen molar-refractivity contribution in [1.29, 1.82) is 0 Å². The number of benzene rings is 1. The summed E-state index contributed by atoms with van der Waals surface area (Å²) in [5.74, 6) is 0.626. The van der Waals surface area contributed by atoms with Gasteiger partial charge in [-0.2, -0.15) is 0 Å². The fourth-order valence-electron chi connectivity index (χ4n) is 1.53. The van der Waals surface area contributed by atoms with E-state index < -0.39 is 5.91 Å². The molecule has 0 saturated heterocycles. The van der Waals surface area contributed by atoms with Crippen LogP contribution in [0, 0.1) is 0 Å². The van der Waals surface area contributed by atoms with Crippen LogP contribution in [0.4, 0.5) is 0 Å². The number of aryl methyl sites for hydroxylation is 1. The summed E-state index contributed by atoms with van der Waals surface area (Å²) in [5.41, 5.74) is 0.120. The Bertz CT molecular complexity index is 595. The Kier molecular flexibility index (Phi) is 4.06. The normalized spacial score (nSPS) is 10.4. The van der Waals surface area contributed by atoms with Crippen LogP contribution in [0.25, 0.3) is 0 Å². The highest BCUT2D eigenvalue weighted by atomic mass is 35.5. The second-order valence-corrected chi connectivity index (χ2v) is 4.35. The molecule has 19 heavy (non-hydrogen) atoms. The molecular weight excluding hydrogens is 268 g/mol. The molecule has 0 aliphatic rings. The zero-order chi connectivity index (χ0) is 13.8. The molecule has 0 bridgehead atoms. The monoisotopic (exact) mass is 280 g/mol. The number of aromatic nitrogens is 1. The number of nitrogens with one attached hydrogen (secondary N) is 1. The number of nitrogens with zero attached hydrogens (tertiary/aromatic N) is 1. The van der Waals surface area contributed by atoms with Crippen LogP contribution in [0.1, 0.15) is 28.9 Å². The number of aromatic hydroxyl groups is 1. The smallest absolute Gasteiger partial charge is 0.255 e. The van der Waals surface area contributed by atoms with Crippen LogP contribution in [-0.4, -0.2) is 16.0 Å². The van der Waals surface area contributed by atoms with Crippen LogP contribution in [-0.2, 0) is 13.0 Å². The first kappa shape index (κ1) is 13.4. The molecule has 2 N–H and O–H groups in total. The van der Waals surface area contributed by atoms with Gasteiger partial charge in [0.05, 0.1) is 18.3 Å². The van der Waals surface area contributed by atoms with Crippen LogP contribution in [0.5, 0.6) is 5.75 Å². The van der Waals surface area contributed by atoms with E-state index in [2.05, 4.69) is 10.3 Å². The van der Waals surface area contributed by atoms with Crippen molar-refractivity contribution in [2.75, 3.05) is 0 Å². The first-order valence-electron chi connectivity index (χ1n) is 5.80. The molecule has 0 aliphatic heterocycles. The second-order valence-electron chi connectivity index (χ2n) is 3.92. The Labute approximate surface area is 115 Å². The van der Waals surface area contributed by atoms with E-state index >= 15 is 0 Å². The average molecular weight is 281 g/mol. The van der Waals surface area contributed by atoms with Gasteiger partial charge in [0.1, 0.15) is 11.5 Å². The Hall–Kier alpha value is -2.01. The number of phenols is 1. The maximum absolute atomic E-state index is 11.9. The minimum atomic E-state index is -0.434. The number of amides is 1. The van der Waals surface area contributed by atoms with Crippen LogP contribution in [0.2, 0.25) is 5.02 Å². The van der Waals surface area contributed by atoms with Crippen LogP contribution >= 0.6 is 11.6 Å². The van der Waals surface area contributed by atoms with Gasteiger partial charge in [-0.25, -0.2) is 4.98 Å². The number of hydrogen-bond donors (Lipinski definition) is 2. The van der Waals surface area contributed by atoms with E-state index in [1.807, 2.05) is 6.92 Å². The van der Waals surface area contributed by atoms with Gasteiger partial charge in [-0.1, -0.05) is 18.5 Å². The van der Waals surface area contributed by atoms with Gasteiger partial charge in [-0.3, -0.25) is 4.79 Å². The first-order chi connectivity index (χ1) is 9.10. The van der Waals surface area contributed by atoms with Gasteiger partial charge in [0.25, 0.3) is 5.91 Å². The zero-order valence-electron chi connectivity index (χ0n) is 10.3. The highest BCUT2D eigenvalue weighted by Crippen LogP contribution is 2.21. The molecule has 1 aromatic heterocycles. The molecule has 0 unspecified atom stereocenters. The van der Waals surface area contributed by atoms with Crippen LogP contribution < -0.4 is 5.32 Å². The van der Waals surface area contributed by atoms with E-state index in [9.17, 15) is 9.90 Å². The molecular formula is C13H13ClN2O3. The van der Waals surface area contributed by atoms with Gasteiger partial charge in [0.15, 0.2) is 0 Å². The summed E-state index contributed by atoms with van der Waals surface area (Å²) in [6, 6.07) is 4.28. The highest BCUT2D eigenvalue weighted by molar-refractivity contribution is 6.31. The number of halogens is 1. The van der Waals surface area contributed by atoms with Crippen molar-refractivity contribution in [2.45, 2.75) is 19.9 Å². The topological polar surface area (TPSA) is 75.4 Å². The lowest BCUT2D eigenvalue weighted by atomic mass is 10.2. The van der Waals surface area contributed by atoms with Crippen molar-refractivity contribution >= 4 is 17.5 Å². The lowest BCUT2D eigenvalue weighted by Gasteiger charge is -2.05. The van der Waals surface area contributed by atoms with Gasteiger partial charge < -0.3 is 14.8 Å². The minimum Gasteiger partial charge on any atom is -0.507 e. The molecule has 0 saturated carbocycles. The summed E-state index contributed by atoms with van der Waals surface area (Å²) >= 11 is 5.78. The summed E-state index contributed by atoms with van der Waals surface area (Å²) in [6.45, 7) is 2.11. The standard InChI is InChI=1S/C13H13ClN2O3/c1-2-9-6-15-12(19-9)7-16-13(18)10-5-8(14)3-4-11(10)17/h3-6,17H,2,7H2,1H3,(H,16,18). The van der Waals surface area contributed by atoms with Crippen molar-refractivity contribution in [3.63, 3.8) is 0 Å². The molecule has 1 amide bonds. The second kappa shape index (κ2) is 5.75. The number of phenolic OH excluding ortho intramolecular Hbond substituents is 1. The predicted octanol–water partition coefficient (Wildman–Crippen LogP) is 2.53. The average Bonchev–Trinajstić information content (AvgIpc) is 2.87. The predicted molar refractivity (Wildman–Crippen MR) is 70.2 cm³/mol. The van der Waals surface area contributed by atoms with E-state index in [0.29, 0.717) is 10.9 Å². The number of carbonyl (C=O) groups excluding carboxylic acids is 1. The summed E-state index contributed by atoms with van der Waals surface area (Å²) in [6.07, 6.45) is 2.37. The number of carbonyl (C=O) groups is 1. The summed E-state index contributed by atoms with van der Waals surface area (Å²) in [4.78, 5) is 15.9. The number of rotatable bonds is 4. The quantitative estimate of drug-likeness (QED) is 0.902. The Balaban J connectivity index is 2.03. The molecule has 5 nitrogen and oxygen atoms in total. The Morgan fingerprint density at radius 2 is 2.32 bits per heavy atom. The molecule has 100 valence electrons. The zero-order valence-corrected chi connectivity index (χ0v) is 11.1. The van der Waals surface area contributed by atoms with Gasteiger partial charge >= 0.3 is 0 Å². The number of hydrogen-bond acceptors (Lipinski definition) is 4. The molecule has 0 fully saturated rings. The maximum atomic E-state index is 11.9. The molecule has 0 radical (unpaired) electrons. The van der Waals surface area contributed by atoms with E-state index in [1.165, 1.54) is 18.2 Å². The maximum Gasteiger partial charge on any atom is 0.255 e. The third kappa shape index (κ3) is 3.26. The summed E-state index contributed by atoms with van der Waals surface area (Å²) in [7, 11) is 0. The minimum absolute atomic E-state index is 0.120. The van der Waals surface area contributed by atoms with E-state index in [0.717, 1.165) is 12.2 Å². The lowest BCUT2D eigenvalue weighted by Crippen LogP contribution is -2.23. The Morgan fingerprint density at radius 1 is 1.53 bits per heavy atom. The fourth-order valence-corrected chi connectivity index (χ4v) is 1.71. The van der Waals surface area contributed by atoms with Gasteiger partial charge in [-0.15, -0.1) is 0 Å². The van der Waals surface area contributed by atoms with E-state index in [1.54, 1.807) is 6.20 Å². The van der Waals surface area contributed by atoms with Crippen molar-refractivity contribution in [2.24, 2.45) is 0 Å². The molecule has 0 aliphatic carbocycles. The van der Waals surface area contributed by atoms with E-state index in [-0.39, 0.29) is 17.9 Å². The third-order valence-corrected chi connectivity index (χ3v) is 2.79. The molecule has 1 heterocycles. The molecule has 2 rings (SSSR count). The van der Waals surface area contributed by atoms with E-state index in [4.69, 9.17) is 16.0 Å². The van der Waals surface area contributed by atoms with Crippen LogP contribution in [0.3, 0.4) is 0 Å². The van der Waals surface area contributed by atoms with Crippen molar-refractivity contribution < 1.29 is 14.3 Å². The summed E-state index contributed by atoms with van der Waals surface area (Å²) in [5, 5.41) is 12.6. The molecule has 0 spiro atoms. The van der Waals surface area contributed by atoms with Crippen LogP contribution in [0.15, 0.2) is 28.8 Å². The molecule has 6 heteroatoms. The molecule has 1 aromatic carbocycles. The molecule has 2 aromatic rings. The highest BCUT2D eigenvalue weighted by Gasteiger charge is 2.12. The summed E-state index contributed by atoms with van der Waals surface area (Å²) < 4.78 is 5.36. The number of oxazole rings is 1. The molecule has 0 atom stereocenters. The van der Waals surface area contributed by atoms with Gasteiger partial charge in [0, 0.05) is 11.4 Å². The third-order valence-electron chi connectivity index (χ3n) is 2.55. The SMILES string of the molecule is CCc1cnc(CNC(=O)c2cc(Cl)ccc2O)o1. The fraction of sp³-hybridized carbons (Fsp3) is 0.231. The van der Waals surface area contributed by atoms with Crippen molar-refractivity contribution in [3.05, 3.63) is 46.6 Å². The lowest BCUT2D eigenvalue weighted by molar-refractivity contribution is 0.0944.